The van der Waals surface area contributed by atoms with E-state index in [0.29, 0.717) is 0 Å². The average Bonchev–Trinajstić information content (AvgIpc) is 2.64. The summed E-state index contributed by atoms with van der Waals surface area (Å²) in [4.78, 5) is 12.7. The number of carbonyl (C=O) groups is 1. The number of alkyl halides is 1. The van der Waals surface area contributed by atoms with Gasteiger partial charge in [-0.15, -0.1) is 0 Å². The molecule has 0 aromatic heterocycles. The van der Waals surface area contributed by atoms with Gasteiger partial charge in [0.15, 0.2) is 12.4 Å². The minimum absolute atomic E-state index is 0.222. The Kier molecular flexibility index (Phi) is 3.77. The van der Waals surface area contributed by atoms with Crippen molar-refractivity contribution < 1.29 is 24.1 Å². The molecule has 7 nitrogen and oxygen atoms in total. The lowest BCUT2D eigenvalue weighted by Crippen LogP contribution is -2.54. The van der Waals surface area contributed by atoms with Crippen LogP contribution < -0.4 is 11.1 Å². The summed E-state index contributed by atoms with van der Waals surface area (Å²) in [6, 6.07) is -0.611. The van der Waals surface area contributed by atoms with E-state index in [1.807, 2.05) is 0 Å². The van der Waals surface area contributed by atoms with Crippen LogP contribution in [0.1, 0.15) is 13.3 Å². The first-order chi connectivity index (χ1) is 8.95. The summed E-state index contributed by atoms with van der Waals surface area (Å²) in [5.41, 5.74) is 4.09. The van der Waals surface area contributed by atoms with Gasteiger partial charge in [0, 0.05) is 6.20 Å². The van der Waals surface area contributed by atoms with E-state index >= 15 is 0 Å². The molecule has 1 fully saturated rings. The second kappa shape index (κ2) is 5.04. The fraction of sp³-hybridized carbons (Fsp3) is 0.727. The van der Waals surface area contributed by atoms with Crippen LogP contribution in [-0.4, -0.2) is 58.0 Å². The number of halogens is 1. The van der Waals surface area contributed by atoms with Crippen LogP contribution in [0.25, 0.3) is 0 Å². The number of nitrogens with two attached hydrogens (primary N) is 1. The van der Waals surface area contributed by atoms with Crippen LogP contribution in [0.4, 0.5) is 9.18 Å². The number of nitrogens with one attached hydrogen (secondary N) is 1. The first-order valence-corrected chi connectivity index (χ1v) is 6.08. The molecule has 0 aromatic carbocycles. The van der Waals surface area contributed by atoms with Crippen molar-refractivity contribution in [3.63, 3.8) is 0 Å². The fourth-order valence-corrected chi connectivity index (χ4v) is 2.29. The Balaban J connectivity index is 2.23. The van der Waals surface area contributed by atoms with Gasteiger partial charge in [0.1, 0.15) is 11.7 Å². The highest BCUT2D eigenvalue weighted by Crippen LogP contribution is 2.37. The van der Waals surface area contributed by atoms with E-state index in [2.05, 4.69) is 5.32 Å². The molecule has 2 amide bonds. The normalized spacial score (nSPS) is 42.6. The number of rotatable bonds is 3. The quantitative estimate of drug-likeness (QED) is 0.529. The minimum Gasteiger partial charge on any atom is -0.393 e. The van der Waals surface area contributed by atoms with Crippen LogP contribution >= 0.6 is 0 Å². The summed E-state index contributed by atoms with van der Waals surface area (Å²) in [7, 11) is 0. The monoisotopic (exact) mass is 275 g/mol. The predicted molar refractivity (Wildman–Crippen MR) is 63.4 cm³/mol. The smallest absolute Gasteiger partial charge is 0.325 e. The van der Waals surface area contributed by atoms with Gasteiger partial charge in [0.2, 0.25) is 0 Å². The van der Waals surface area contributed by atoms with Crippen molar-refractivity contribution in [2.45, 2.75) is 43.6 Å². The molecule has 2 heterocycles. The highest BCUT2D eigenvalue weighted by Gasteiger charge is 2.56. The largest absolute Gasteiger partial charge is 0.393 e. The lowest BCUT2D eigenvalue weighted by atomic mass is 9.94. The molecule has 0 bridgehead atoms. The number of nitrogens with zero attached hydrogens (tertiary/aromatic N) is 1. The first kappa shape index (κ1) is 14.2. The SMILES string of the molecule is CC[C@]1(CO)O[C@@H](N2C=CC(N)NC2=O)[C@H](F)[C@@H]1O. The second-order valence-electron chi connectivity index (χ2n) is 4.70. The van der Waals surface area contributed by atoms with E-state index in [-0.39, 0.29) is 6.42 Å². The van der Waals surface area contributed by atoms with Crippen molar-refractivity contribution in [3.05, 3.63) is 12.3 Å². The molecule has 5 atom stereocenters. The molecule has 8 heteroatoms. The van der Waals surface area contributed by atoms with Crippen LogP contribution in [0, 0.1) is 0 Å². The zero-order valence-electron chi connectivity index (χ0n) is 10.5. The van der Waals surface area contributed by atoms with Crippen molar-refractivity contribution in [3.8, 4) is 0 Å². The lowest BCUT2D eigenvalue weighted by molar-refractivity contribution is -0.133. The number of urea groups is 1. The topological polar surface area (TPSA) is 108 Å². The number of carbonyl (C=O) groups excluding carboxylic acids is 1. The Morgan fingerprint density at radius 1 is 1.68 bits per heavy atom. The summed E-state index contributed by atoms with van der Waals surface area (Å²) in [6.45, 7) is 1.14. The van der Waals surface area contributed by atoms with Crippen molar-refractivity contribution in [2.75, 3.05) is 6.61 Å². The third kappa shape index (κ3) is 2.20. The number of aliphatic hydroxyl groups is 2. The zero-order valence-corrected chi connectivity index (χ0v) is 10.5. The highest BCUT2D eigenvalue weighted by atomic mass is 19.1. The molecule has 19 heavy (non-hydrogen) atoms. The average molecular weight is 275 g/mol. The number of amides is 2. The molecular weight excluding hydrogens is 257 g/mol. The van der Waals surface area contributed by atoms with Gasteiger partial charge in [0.05, 0.1) is 12.8 Å². The Morgan fingerprint density at radius 2 is 2.37 bits per heavy atom. The molecule has 5 N–H and O–H groups in total. The predicted octanol–water partition coefficient (Wildman–Crippen LogP) is -0.993. The maximum Gasteiger partial charge on any atom is 0.325 e. The van der Waals surface area contributed by atoms with E-state index in [1.54, 1.807) is 6.92 Å². The van der Waals surface area contributed by atoms with Crippen molar-refractivity contribution in [2.24, 2.45) is 5.73 Å². The van der Waals surface area contributed by atoms with Gasteiger partial charge < -0.3 is 26.0 Å². The van der Waals surface area contributed by atoms with Gasteiger partial charge in [-0.1, -0.05) is 6.92 Å². The number of hydrogen-bond donors (Lipinski definition) is 4. The van der Waals surface area contributed by atoms with Gasteiger partial charge in [0.25, 0.3) is 0 Å². The summed E-state index contributed by atoms with van der Waals surface area (Å²) in [5.74, 6) is 0. The maximum atomic E-state index is 14.1. The van der Waals surface area contributed by atoms with E-state index in [1.165, 1.54) is 12.3 Å². The molecular formula is C11H18FN3O4. The molecule has 2 rings (SSSR count). The molecule has 0 aliphatic carbocycles. The van der Waals surface area contributed by atoms with Crippen molar-refractivity contribution in [1.29, 1.82) is 0 Å². The Bertz CT molecular complexity index is 388. The molecule has 1 unspecified atom stereocenters. The summed E-state index contributed by atoms with van der Waals surface area (Å²) in [6.07, 6.45) is -2.22. The van der Waals surface area contributed by atoms with Crippen LogP contribution in [0.2, 0.25) is 0 Å². The van der Waals surface area contributed by atoms with Crippen LogP contribution in [-0.2, 0) is 4.74 Å². The third-order valence-electron chi connectivity index (χ3n) is 3.59. The summed E-state index contributed by atoms with van der Waals surface area (Å²) < 4.78 is 19.5. The Hall–Kier alpha value is -1.22. The molecule has 2 aliphatic heterocycles. The Labute approximate surface area is 109 Å². The van der Waals surface area contributed by atoms with Crippen molar-refractivity contribution >= 4 is 6.03 Å². The highest BCUT2D eigenvalue weighted by molar-refractivity contribution is 5.77. The Morgan fingerprint density at radius 3 is 2.84 bits per heavy atom. The molecule has 2 aliphatic rings. The van der Waals surface area contributed by atoms with E-state index in [9.17, 15) is 19.4 Å². The van der Waals surface area contributed by atoms with Crippen LogP contribution in [0.15, 0.2) is 12.3 Å². The van der Waals surface area contributed by atoms with Gasteiger partial charge in [-0.3, -0.25) is 4.90 Å². The van der Waals surface area contributed by atoms with Gasteiger partial charge >= 0.3 is 6.03 Å². The number of aliphatic hydroxyl groups excluding tert-OH is 2. The van der Waals surface area contributed by atoms with E-state index in [0.717, 1.165) is 4.90 Å². The molecule has 0 spiro atoms. The molecule has 1 saturated heterocycles. The summed E-state index contributed by atoms with van der Waals surface area (Å²) in [5, 5.41) is 21.6. The van der Waals surface area contributed by atoms with E-state index < -0.39 is 42.9 Å². The number of hydrogen-bond acceptors (Lipinski definition) is 5. The zero-order chi connectivity index (χ0) is 14.2. The van der Waals surface area contributed by atoms with Crippen LogP contribution in [0.5, 0.6) is 0 Å². The molecule has 0 aromatic rings. The maximum absolute atomic E-state index is 14.1. The summed E-state index contributed by atoms with van der Waals surface area (Å²) >= 11 is 0. The lowest BCUT2D eigenvalue weighted by Gasteiger charge is -2.32. The van der Waals surface area contributed by atoms with E-state index in [4.69, 9.17) is 10.5 Å². The second-order valence-corrected chi connectivity index (χ2v) is 4.70. The van der Waals surface area contributed by atoms with Gasteiger partial charge in [-0.05, 0) is 12.5 Å². The third-order valence-corrected chi connectivity index (χ3v) is 3.59. The molecule has 108 valence electrons. The fourth-order valence-electron chi connectivity index (χ4n) is 2.29. The minimum atomic E-state index is -1.81. The standard InChI is InChI=1S/C11H18FN3O4/c1-2-11(5-16)8(17)7(12)9(19-11)15-4-3-6(13)14-10(15)18/h3-4,6-9,16-17H,2,5,13H2,1H3,(H,14,18)/t6?,7-,8+,9-,11-/m1/s1. The first-order valence-electron chi connectivity index (χ1n) is 6.08. The molecule has 0 saturated carbocycles. The number of ether oxygens (including phenoxy) is 1. The van der Waals surface area contributed by atoms with Gasteiger partial charge in [-0.2, -0.15) is 0 Å². The molecule has 0 radical (unpaired) electrons. The van der Waals surface area contributed by atoms with Crippen molar-refractivity contribution in [1.82, 2.24) is 10.2 Å². The van der Waals surface area contributed by atoms with Crippen LogP contribution in [0.3, 0.4) is 0 Å². The van der Waals surface area contributed by atoms with Gasteiger partial charge in [-0.25, -0.2) is 9.18 Å².